The van der Waals surface area contributed by atoms with Gasteiger partial charge in [0, 0.05) is 6.42 Å². The van der Waals surface area contributed by atoms with Crippen LogP contribution in [-0.4, -0.2) is 50.8 Å². The van der Waals surface area contributed by atoms with E-state index in [2.05, 4.69) is 17.5 Å². The smallest absolute Gasteiger partial charge is 0.244 e. The van der Waals surface area contributed by atoms with Crippen LogP contribution < -0.4 is 5.32 Å². The second-order valence-corrected chi connectivity index (χ2v) is 8.35. The number of aliphatic hydroxyl groups excluding tert-OH is 1. The molecule has 1 aliphatic carbocycles. The lowest BCUT2D eigenvalue weighted by Gasteiger charge is -2.53. The number of allylic oxidation sites excluding steroid dienone is 3. The normalized spacial score (nSPS) is 34.7. The van der Waals surface area contributed by atoms with Gasteiger partial charge in [-0.1, -0.05) is 37.1 Å². The molecule has 162 valence electrons. The molecule has 5 atom stereocenters. The maximum Gasteiger partial charge on any atom is 0.244 e. The Bertz CT molecular complexity index is 676. The molecular formula is C22H32ClNO5. The van der Waals surface area contributed by atoms with Crippen LogP contribution in [0.1, 0.15) is 58.8 Å². The molecule has 3 N–H and O–H groups in total. The summed E-state index contributed by atoms with van der Waals surface area (Å²) in [5.74, 6) is -0.952. The third-order valence-electron chi connectivity index (χ3n) is 5.72. The highest BCUT2D eigenvalue weighted by Crippen LogP contribution is 2.45. The number of aliphatic hydroxyl groups is 2. The van der Waals surface area contributed by atoms with E-state index in [1.807, 2.05) is 6.92 Å². The summed E-state index contributed by atoms with van der Waals surface area (Å²) in [4.78, 5) is 24.5. The van der Waals surface area contributed by atoms with E-state index < -0.39 is 40.6 Å². The first-order valence-electron chi connectivity index (χ1n) is 10.3. The van der Waals surface area contributed by atoms with Crippen molar-refractivity contribution >= 4 is 23.3 Å². The molecule has 0 aromatic heterocycles. The molecule has 2 rings (SSSR count). The number of rotatable bonds is 9. The molecule has 0 aromatic rings. The summed E-state index contributed by atoms with van der Waals surface area (Å²) in [6.45, 7) is 3.51. The van der Waals surface area contributed by atoms with Crippen molar-refractivity contribution in [3.63, 3.8) is 0 Å². The van der Waals surface area contributed by atoms with Gasteiger partial charge in [0.05, 0.1) is 11.4 Å². The third-order valence-corrected chi connectivity index (χ3v) is 6.28. The van der Waals surface area contributed by atoms with Crippen LogP contribution in [0.5, 0.6) is 0 Å². The van der Waals surface area contributed by atoms with Gasteiger partial charge in [0.2, 0.25) is 5.91 Å². The van der Waals surface area contributed by atoms with Crippen LogP contribution in [0.2, 0.25) is 0 Å². The van der Waals surface area contributed by atoms with Crippen LogP contribution in [0.4, 0.5) is 0 Å². The van der Waals surface area contributed by atoms with Crippen molar-refractivity contribution in [3.8, 4) is 0 Å². The Hall–Kier alpha value is -1.47. The first-order valence-corrected chi connectivity index (χ1v) is 10.7. The van der Waals surface area contributed by atoms with Gasteiger partial charge in [0.25, 0.3) is 0 Å². The average molecular weight is 426 g/mol. The number of alkyl halides is 1. The Morgan fingerprint density at radius 3 is 2.62 bits per heavy atom. The number of halogens is 1. The zero-order valence-electron chi connectivity index (χ0n) is 17.1. The molecule has 1 amide bonds. The number of ketones is 1. The Kier molecular flexibility index (Phi) is 8.64. The molecule has 6 nitrogen and oxygen atoms in total. The summed E-state index contributed by atoms with van der Waals surface area (Å²) >= 11 is 6.21. The summed E-state index contributed by atoms with van der Waals surface area (Å²) in [7, 11) is 0. The number of amides is 1. The number of unbranched alkanes of at least 4 members (excludes halogenated alkanes) is 5. The van der Waals surface area contributed by atoms with Gasteiger partial charge in [-0.2, -0.15) is 0 Å². The minimum absolute atomic E-state index is 0.178. The fraction of sp³-hybridized carbons (Fsp3) is 0.636. The van der Waals surface area contributed by atoms with E-state index in [9.17, 15) is 19.8 Å². The van der Waals surface area contributed by atoms with Gasteiger partial charge in [-0.15, -0.1) is 11.6 Å². The lowest BCUT2D eigenvalue weighted by Crippen LogP contribution is -2.72. The van der Waals surface area contributed by atoms with Crippen LogP contribution >= 0.6 is 11.6 Å². The lowest BCUT2D eigenvalue weighted by molar-refractivity contribution is -0.281. The number of hydrogen-bond acceptors (Lipinski definition) is 5. The van der Waals surface area contributed by atoms with Crippen molar-refractivity contribution in [3.05, 3.63) is 36.5 Å². The van der Waals surface area contributed by atoms with Crippen LogP contribution in [0.25, 0.3) is 0 Å². The molecular weight excluding hydrogens is 394 g/mol. The quantitative estimate of drug-likeness (QED) is 0.228. The van der Waals surface area contributed by atoms with Gasteiger partial charge in [0.1, 0.15) is 5.60 Å². The molecule has 7 heteroatoms. The van der Waals surface area contributed by atoms with Gasteiger partial charge >= 0.3 is 0 Å². The molecule has 0 bridgehead atoms. The Morgan fingerprint density at radius 2 is 1.97 bits per heavy atom. The molecule has 29 heavy (non-hydrogen) atoms. The number of ether oxygens (including phenoxy) is 1. The topological polar surface area (TPSA) is 95.9 Å². The minimum Gasteiger partial charge on any atom is -0.378 e. The largest absolute Gasteiger partial charge is 0.378 e. The summed E-state index contributed by atoms with van der Waals surface area (Å²) in [6, 6.07) is -0.920. The Balaban J connectivity index is 1.82. The zero-order valence-corrected chi connectivity index (χ0v) is 17.9. The predicted molar refractivity (Wildman–Crippen MR) is 112 cm³/mol. The summed E-state index contributed by atoms with van der Waals surface area (Å²) in [5, 5.41) is 23.1. The van der Waals surface area contributed by atoms with E-state index in [1.54, 1.807) is 6.08 Å². The molecule has 2 aliphatic rings. The first-order chi connectivity index (χ1) is 13.7. The molecule has 0 unspecified atom stereocenters. The maximum absolute atomic E-state index is 12.3. The molecule has 0 spiro atoms. The van der Waals surface area contributed by atoms with Gasteiger partial charge in [-0.05, 0) is 51.7 Å². The lowest BCUT2D eigenvalue weighted by atomic mass is 9.69. The van der Waals surface area contributed by atoms with Crippen LogP contribution in [0.3, 0.4) is 0 Å². The number of fused-ring (bicyclic) bond motifs is 1. The van der Waals surface area contributed by atoms with Crippen LogP contribution in [0.15, 0.2) is 36.5 Å². The number of carbonyl (C=O) groups excluding carboxylic acids is 2. The molecule has 1 fully saturated rings. The molecule has 0 aromatic carbocycles. The summed E-state index contributed by atoms with van der Waals surface area (Å²) in [6.07, 6.45) is 14.9. The monoisotopic (exact) mass is 425 g/mol. The maximum atomic E-state index is 12.3. The van der Waals surface area contributed by atoms with Crippen molar-refractivity contribution < 1.29 is 24.5 Å². The first kappa shape index (κ1) is 23.8. The van der Waals surface area contributed by atoms with Crippen molar-refractivity contribution in [2.75, 3.05) is 0 Å². The molecule has 1 aliphatic heterocycles. The van der Waals surface area contributed by atoms with Gasteiger partial charge in [-0.3, -0.25) is 9.59 Å². The van der Waals surface area contributed by atoms with E-state index in [4.69, 9.17) is 16.3 Å². The van der Waals surface area contributed by atoms with Gasteiger partial charge < -0.3 is 20.3 Å². The fourth-order valence-corrected chi connectivity index (χ4v) is 4.08. The molecule has 0 saturated carbocycles. The predicted octanol–water partition coefficient (Wildman–Crippen LogP) is 2.92. The van der Waals surface area contributed by atoms with Crippen molar-refractivity contribution in [1.82, 2.24) is 5.32 Å². The number of carbonyl (C=O) groups is 2. The highest BCUT2D eigenvalue weighted by molar-refractivity contribution is 6.24. The number of nitrogens with one attached hydrogen (secondary N) is 1. The molecule has 1 heterocycles. The Morgan fingerprint density at radius 1 is 1.31 bits per heavy atom. The third kappa shape index (κ3) is 5.57. The van der Waals surface area contributed by atoms with E-state index in [0.717, 1.165) is 32.1 Å². The van der Waals surface area contributed by atoms with Crippen molar-refractivity contribution in [2.45, 2.75) is 87.7 Å². The van der Waals surface area contributed by atoms with Gasteiger partial charge in [-0.25, -0.2) is 0 Å². The van der Waals surface area contributed by atoms with E-state index in [0.29, 0.717) is 0 Å². The summed E-state index contributed by atoms with van der Waals surface area (Å²) in [5.41, 5.74) is -3.38. The van der Waals surface area contributed by atoms with E-state index in [1.165, 1.54) is 31.6 Å². The minimum atomic E-state index is -1.91. The van der Waals surface area contributed by atoms with Crippen LogP contribution in [0, 0.1) is 0 Å². The Labute approximate surface area is 177 Å². The molecule has 0 radical (unpaired) electrons. The van der Waals surface area contributed by atoms with E-state index >= 15 is 0 Å². The average Bonchev–Trinajstić information content (AvgIpc) is 2.67. The van der Waals surface area contributed by atoms with E-state index in [-0.39, 0.29) is 6.42 Å². The van der Waals surface area contributed by atoms with Crippen molar-refractivity contribution in [2.24, 2.45) is 0 Å². The zero-order chi connectivity index (χ0) is 21.5. The fourth-order valence-electron chi connectivity index (χ4n) is 3.77. The second-order valence-electron chi connectivity index (χ2n) is 7.88. The van der Waals surface area contributed by atoms with Gasteiger partial charge in [0.15, 0.2) is 17.7 Å². The second kappa shape index (κ2) is 10.5. The SMILES string of the molecule is CC=CCCCCCCC=CC(=O)N[C@H]1C[C@@]2(O)C(=O)C=C[C@@H](Cl)[C@]2(C)O[C@H]1O. The van der Waals surface area contributed by atoms with Crippen molar-refractivity contribution in [1.29, 1.82) is 0 Å². The standard InChI is InChI=1S/C22H32ClNO5/c1-3-4-5-6-7-8-9-10-11-12-19(26)24-16-15-22(28)18(25)14-13-17(23)21(22,2)29-20(16)27/h3-4,11-14,16-17,20,27-28H,5-10,15H2,1-2H3,(H,24,26)/t16-,17+,20+,21-,22+/m0/s1. The van der Waals surface area contributed by atoms with Crippen LogP contribution in [-0.2, 0) is 14.3 Å². The highest BCUT2D eigenvalue weighted by Gasteiger charge is 2.63. The summed E-state index contributed by atoms with van der Waals surface area (Å²) < 4.78 is 5.53. The highest BCUT2D eigenvalue weighted by atomic mass is 35.5. The molecule has 1 saturated heterocycles. The number of hydrogen-bond donors (Lipinski definition) is 3.